The maximum atomic E-state index is 12.6. The molecule has 0 saturated heterocycles. The van der Waals surface area contributed by atoms with Gasteiger partial charge in [0.25, 0.3) is 0 Å². The van der Waals surface area contributed by atoms with Crippen molar-refractivity contribution in [3.05, 3.63) is 0 Å². The lowest BCUT2D eigenvalue weighted by atomic mass is 9.70. The molecule has 0 aliphatic heterocycles. The van der Waals surface area contributed by atoms with Crippen LogP contribution >= 0.6 is 0 Å². The Kier molecular flexibility index (Phi) is 4.85. The number of hydrogen-bond acceptors (Lipinski definition) is 3. The standard InChI is InChI=1S/C15H28N2O2/c1-11-6-8-15(10-16,9-7-11)14(19)17-12-4-2-3-5-13(12)18/h11-13,18H,2-10,16H2,1H3,(H,17,19)/t11?,12-,13-,15?/m1/s1. The van der Waals surface area contributed by atoms with Crippen molar-refractivity contribution in [2.24, 2.45) is 17.1 Å². The molecule has 19 heavy (non-hydrogen) atoms. The first-order chi connectivity index (χ1) is 9.07. The van der Waals surface area contributed by atoms with Gasteiger partial charge >= 0.3 is 0 Å². The van der Waals surface area contributed by atoms with Gasteiger partial charge in [0.05, 0.1) is 17.6 Å². The molecule has 0 unspecified atom stereocenters. The highest BCUT2D eigenvalue weighted by molar-refractivity contribution is 5.83. The van der Waals surface area contributed by atoms with Crippen LogP contribution in [-0.2, 0) is 4.79 Å². The summed E-state index contributed by atoms with van der Waals surface area (Å²) in [5.74, 6) is 0.778. The second-order valence-electron chi connectivity index (χ2n) is 6.60. The third-order valence-electron chi connectivity index (χ3n) is 5.15. The van der Waals surface area contributed by atoms with Gasteiger partial charge in [-0.3, -0.25) is 4.79 Å². The fraction of sp³-hybridized carbons (Fsp3) is 0.933. The topological polar surface area (TPSA) is 75.4 Å². The smallest absolute Gasteiger partial charge is 0.227 e. The first-order valence-electron chi connectivity index (χ1n) is 7.76. The summed E-state index contributed by atoms with van der Waals surface area (Å²) in [5.41, 5.74) is 5.52. The van der Waals surface area contributed by atoms with Gasteiger partial charge in [-0.15, -0.1) is 0 Å². The number of aliphatic hydroxyl groups is 1. The molecule has 0 aromatic rings. The molecule has 2 aliphatic carbocycles. The Bertz CT molecular complexity index is 311. The lowest BCUT2D eigenvalue weighted by Gasteiger charge is -2.39. The zero-order valence-electron chi connectivity index (χ0n) is 12.0. The van der Waals surface area contributed by atoms with Crippen molar-refractivity contribution in [1.82, 2.24) is 5.32 Å². The van der Waals surface area contributed by atoms with Gasteiger partial charge in [-0.05, 0) is 44.4 Å². The Morgan fingerprint density at radius 2 is 1.89 bits per heavy atom. The number of carbonyl (C=O) groups is 1. The molecule has 0 heterocycles. The lowest BCUT2D eigenvalue weighted by Crippen LogP contribution is -2.54. The molecule has 4 nitrogen and oxygen atoms in total. The normalized spacial score (nSPS) is 39.8. The molecule has 1 amide bonds. The number of aliphatic hydroxyl groups excluding tert-OH is 1. The summed E-state index contributed by atoms with van der Waals surface area (Å²) in [5, 5.41) is 13.0. The van der Waals surface area contributed by atoms with Crippen molar-refractivity contribution < 1.29 is 9.90 Å². The third kappa shape index (κ3) is 3.29. The van der Waals surface area contributed by atoms with Crippen molar-refractivity contribution in [1.29, 1.82) is 0 Å². The summed E-state index contributed by atoms with van der Waals surface area (Å²) in [4.78, 5) is 12.6. The van der Waals surface area contributed by atoms with Gasteiger partial charge in [0, 0.05) is 6.54 Å². The minimum absolute atomic E-state index is 0.0657. The molecule has 0 spiro atoms. The van der Waals surface area contributed by atoms with E-state index in [4.69, 9.17) is 5.73 Å². The van der Waals surface area contributed by atoms with E-state index < -0.39 is 0 Å². The SMILES string of the molecule is CC1CCC(CN)(C(=O)N[C@@H]2CCCC[C@H]2O)CC1. The van der Waals surface area contributed by atoms with Crippen LogP contribution in [0.2, 0.25) is 0 Å². The molecular weight excluding hydrogens is 240 g/mol. The minimum Gasteiger partial charge on any atom is -0.391 e. The second kappa shape index (κ2) is 6.23. The highest BCUT2D eigenvalue weighted by atomic mass is 16.3. The van der Waals surface area contributed by atoms with Gasteiger partial charge in [0.2, 0.25) is 5.91 Å². The van der Waals surface area contributed by atoms with Crippen molar-refractivity contribution in [2.45, 2.75) is 70.4 Å². The minimum atomic E-state index is -0.385. The third-order valence-corrected chi connectivity index (χ3v) is 5.15. The Morgan fingerprint density at radius 1 is 1.26 bits per heavy atom. The van der Waals surface area contributed by atoms with Crippen LogP contribution < -0.4 is 11.1 Å². The zero-order chi connectivity index (χ0) is 13.9. The fourth-order valence-electron chi connectivity index (χ4n) is 3.44. The predicted molar refractivity (Wildman–Crippen MR) is 75.5 cm³/mol. The van der Waals surface area contributed by atoms with Crippen LogP contribution in [0.3, 0.4) is 0 Å². The maximum Gasteiger partial charge on any atom is 0.227 e. The van der Waals surface area contributed by atoms with Crippen LogP contribution in [0.25, 0.3) is 0 Å². The van der Waals surface area contributed by atoms with Gasteiger partial charge in [-0.25, -0.2) is 0 Å². The number of nitrogens with two attached hydrogens (primary N) is 1. The summed E-state index contributed by atoms with van der Waals surface area (Å²) in [6.45, 7) is 2.66. The highest BCUT2D eigenvalue weighted by Gasteiger charge is 2.41. The summed E-state index contributed by atoms with van der Waals surface area (Å²) in [6.07, 6.45) is 7.41. The average Bonchev–Trinajstić information content (AvgIpc) is 2.42. The quantitative estimate of drug-likeness (QED) is 0.727. The van der Waals surface area contributed by atoms with Gasteiger partial charge in [-0.2, -0.15) is 0 Å². The molecule has 2 atom stereocenters. The molecule has 0 aromatic heterocycles. The van der Waals surface area contributed by atoms with Gasteiger partial charge < -0.3 is 16.2 Å². The number of nitrogens with one attached hydrogen (secondary N) is 1. The molecule has 0 aromatic carbocycles. The lowest BCUT2D eigenvalue weighted by molar-refractivity contribution is -0.134. The van der Waals surface area contributed by atoms with E-state index in [9.17, 15) is 9.90 Å². The molecule has 2 saturated carbocycles. The summed E-state index contributed by atoms with van der Waals surface area (Å²) >= 11 is 0. The molecule has 2 fully saturated rings. The molecule has 0 radical (unpaired) electrons. The molecule has 4 heteroatoms. The van der Waals surface area contributed by atoms with E-state index in [0.717, 1.165) is 51.4 Å². The monoisotopic (exact) mass is 268 g/mol. The van der Waals surface area contributed by atoms with E-state index in [2.05, 4.69) is 12.2 Å². The molecule has 0 bridgehead atoms. The van der Waals surface area contributed by atoms with Crippen molar-refractivity contribution >= 4 is 5.91 Å². The van der Waals surface area contributed by atoms with E-state index in [1.807, 2.05) is 0 Å². The van der Waals surface area contributed by atoms with Crippen LogP contribution in [-0.4, -0.2) is 29.7 Å². The summed E-state index contributed by atoms with van der Waals surface area (Å²) < 4.78 is 0. The van der Waals surface area contributed by atoms with Crippen LogP contribution in [0, 0.1) is 11.3 Å². The predicted octanol–water partition coefficient (Wildman–Crippen LogP) is 1.56. The van der Waals surface area contributed by atoms with Crippen LogP contribution in [0.4, 0.5) is 0 Å². The van der Waals surface area contributed by atoms with Crippen molar-refractivity contribution in [3.8, 4) is 0 Å². The first kappa shape index (κ1) is 14.8. The largest absolute Gasteiger partial charge is 0.391 e. The Labute approximate surface area is 116 Å². The van der Waals surface area contributed by atoms with E-state index in [1.54, 1.807) is 0 Å². The van der Waals surface area contributed by atoms with E-state index >= 15 is 0 Å². The Hall–Kier alpha value is -0.610. The van der Waals surface area contributed by atoms with Crippen molar-refractivity contribution in [3.63, 3.8) is 0 Å². The van der Waals surface area contributed by atoms with Gasteiger partial charge in [0.15, 0.2) is 0 Å². The molecule has 110 valence electrons. The maximum absolute atomic E-state index is 12.6. The zero-order valence-corrected chi connectivity index (χ0v) is 12.0. The number of amides is 1. The Balaban J connectivity index is 1.96. The van der Waals surface area contributed by atoms with Crippen LogP contribution in [0.5, 0.6) is 0 Å². The summed E-state index contributed by atoms with van der Waals surface area (Å²) in [6, 6.07) is -0.0657. The summed E-state index contributed by atoms with van der Waals surface area (Å²) in [7, 11) is 0. The molecule has 2 rings (SSSR count). The number of rotatable bonds is 3. The second-order valence-corrected chi connectivity index (χ2v) is 6.60. The Morgan fingerprint density at radius 3 is 2.47 bits per heavy atom. The average molecular weight is 268 g/mol. The first-order valence-corrected chi connectivity index (χ1v) is 7.76. The van der Waals surface area contributed by atoms with Gasteiger partial charge in [-0.1, -0.05) is 19.8 Å². The molecule has 2 aliphatic rings. The fourth-order valence-corrected chi connectivity index (χ4v) is 3.44. The number of carbonyl (C=O) groups excluding carboxylic acids is 1. The van der Waals surface area contributed by atoms with Crippen LogP contribution in [0.1, 0.15) is 58.3 Å². The number of hydrogen-bond donors (Lipinski definition) is 3. The molecular formula is C15H28N2O2. The van der Waals surface area contributed by atoms with Crippen molar-refractivity contribution in [2.75, 3.05) is 6.54 Å². The highest BCUT2D eigenvalue weighted by Crippen LogP contribution is 2.38. The van der Waals surface area contributed by atoms with E-state index in [1.165, 1.54) is 0 Å². The van der Waals surface area contributed by atoms with Crippen LogP contribution in [0.15, 0.2) is 0 Å². The molecule has 4 N–H and O–H groups in total. The van der Waals surface area contributed by atoms with Gasteiger partial charge in [0.1, 0.15) is 0 Å². The van der Waals surface area contributed by atoms with E-state index in [0.29, 0.717) is 12.5 Å². The van der Waals surface area contributed by atoms with E-state index in [-0.39, 0.29) is 23.5 Å².